The number of carbonyl (C=O) groups excluding carboxylic acids is 1. The van der Waals surface area contributed by atoms with Crippen LogP contribution in [0.3, 0.4) is 0 Å². The van der Waals surface area contributed by atoms with Crippen molar-refractivity contribution in [2.24, 2.45) is 5.73 Å². The maximum atomic E-state index is 11.0. The Labute approximate surface area is 70.7 Å². The van der Waals surface area contributed by atoms with Crippen LogP contribution in [0.15, 0.2) is 23.4 Å². The predicted octanol–water partition coefficient (Wildman–Crippen LogP) is -0.842. The number of hydrogen-bond acceptors (Lipinski definition) is 3. The predicted molar refractivity (Wildman–Crippen MR) is 44.9 cm³/mol. The van der Waals surface area contributed by atoms with Crippen LogP contribution >= 0.6 is 0 Å². The first-order valence-corrected chi connectivity index (χ1v) is 3.94. The molecule has 2 aliphatic rings. The van der Waals surface area contributed by atoms with Gasteiger partial charge in [-0.3, -0.25) is 10.1 Å². The second-order valence-corrected chi connectivity index (χ2v) is 2.93. The first-order chi connectivity index (χ1) is 5.79. The fraction of sp³-hybridized carbons (Fsp3) is 0.375. The summed E-state index contributed by atoms with van der Waals surface area (Å²) in [7, 11) is 0. The number of amides is 1. The van der Waals surface area contributed by atoms with Crippen LogP contribution in [-0.2, 0) is 4.79 Å². The summed E-state index contributed by atoms with van der Waals surface area (Å²) in [6.07, 6.45) is 3.76. The summed E-state index contributed by atoms with van der Waals surface area (Å²) in [5, 5.41) is 3.17. The topological polar surface area (TPSA) is 58.4 Å². The van der Waals surface area contributed by atoms with Crippen molar-refractivity contribution in [1.29, 1.82) is 0 Å². The van der Waals surface area contributed by atoms with Crippen LogP contribution in [-0.4, -0.2) is 30.6 Å². The van der Waals surface area contributed by atoms with E-state index in [4.69, 9.17) is 5.73 Å². The lowest BCUT2D eigenvalue weighted by atomic mass is 10.1. The van der Waals surface area contributed by atoms with Gasteiger partial charge in [-0.25, -0.2) is 0 Å². The van der Waals surface area contributed by atoms with E-state index < -0.39 is 0 Å². The zero-order valence-electron chi connectivity index (χ0n) is 6.71. The van der Waals surface area contributed by atoms with Crippen molar-refractivity contribution in [2.75, 3.05) is 19.8 Å². The molecule has 0 aromatic heterocycles. The quantitative estimate of drug-likeness (QED) is 0.532. The first-order valence-electron chi connectivity index (χ1n) is 3.94. The smallest absolute Gasteiger partial charge is 0.250 e. The SMILES string of the molecule is NC(=O)C1=C2CNCN2CC=C1. The number of primary amides is 1. The van der Waals surface area contributed by atoms with Crippen molar-refractivity contribution in [3.8, 4) is 0 Å². The van der Waals surface area contributed by atoms with E-state index in [0.29, 0.717) is 5.57 Å². The van der Waals surface area contributed by atoms with Gasteiger partial charge in [-0.15, -0.1) is 0 Å². The van der Waals surface area contributed by atoms with Crippen molar-refractivity contribution in [1.82, 2.24) is 10.2 Å². The molecule has 2 aliphatic heterocycles. The lowest BCUT2D eigenvalue weighted by molar-refractivity contribution is -0.114. The van der Waals surface area contributed by atoms with Gasteiger partial charge < -0.3 is 10.6 Å². The zero-order valence-corrected chi connectivity index (χ0v) is 6.71. The number of rotatable bonds is 1. The average Bonchev–Trinajstić information content (AvgIpc) is 2.49. The molecule has 0 spiro atoms. The Hall–Kier alpha value is -1.29. The van der Waals surface area contributed by atoms with E-state index in [2.05, 4.69) is 10.2 Å². The molecule has 1 amide bonds. The molecule has 0 atom stereocenters. The van der Waals surface area contributed by atoms with Gasteiger partial charge in [-0.2, -0.15) is 0 Å². The molecular weight excluding hydrogens is 154 g/mol. The summed E-state index contributed by atoms with van der Waals surface area (Å²) in [5.74, 6) is -0.338. The summed E-state index contributed by atoms with van der Waals surface area (Å²) < 4.78 is 0. The second kappa shape index (κ2) is 2.64. The highest BCUT2D eigenvalue weighted by Crippen LogP contribution is 2.18. The molecule has 64 valence electrons. The van der Waals surface area contributed by atoms with Gasteiger partial charge in [0, 0.05) is 18.8 Å². The molecular formula is C8H11N3O. The summed E-state index contributed by atoms with van der Waals surface area (Å²) in [6, 6.07) is 0. The lowest BCUT2D eigenvalue weighted by Gasteiger charge is -2.21. The highest BCUT2D eigenvalue weighted by molar-refractivity contribution is 5.95. The van der Waals surface area contributed by atoms with Crippen LogP contribution in [0.4, 0.5) is 0 Å². The van der Waals surface area contributed by atoms with Gasteiger partial charge in [0.05, 0.1) is 12.2 Å². The maximum absolute atomic E-state index is 11.0. The van der Waals surface area contributed by atoms with Crippen molar-refractivity contribution in [3.63, 3.8) is 0 Å². The monoisotopic (exact) mass is 165 g/mol. The molecule has 0 saturated carbocycles. The van der Waals surface area contributed by atoms with Crippen molar-refractivity contribution in [3.05, 3.63) is 23.4 Å². The van der Waals surface area contributed by atoms with Crippen LogP contribution < -0.4 is 11.1 Å². The van der Waals surface area contributed by atoms with Crippen molar-refractivity contribution >= 4 is 5.91 Å². The van der Waals surface area contributed by atoms with Crippen molar-refractivity contribution < 1.29 is 4.79 Å². The minimum absolute atomic E-state index is 0.338. The largest absolute Gasteiger partial charge is 0.366 e. The van der Waals surface area contributed by atoms with Crippen LogP contribution in [0.5, 0.6) is 0 Å². The Bertz CT molecular complexity index is 280. The van der Waals surface area contributed by atoms with E-state index >= 15 is 0 Å². The second-order valence-electron chi connectivity index (χ2n) is 2.93. The summed E-state index contributed by atoms with van der Waals surface area (Å²) in [5.41, 5.74) is 6.90. The number of fused-ring (bicyclic) bond motifs is 1. The molecule has 2 heterocycles. The van der Waals surface area contributed by atoms with Gasteiger partial charge in [0.2, 0.25) is 0 Å². The summed E-state index contributed by atoms with van der Waals surface area (Å²) >= 11 is 0. The highest BCUT2D eigenvalue weighted by Gasteiger charge is 2.23. The molecule has 0 aromatic carbocycles. The van der Waals surface area contributed by atoms with E-state index in [0.717, 1.165) is 25.5 Å². The van der Waals surface area contributed by atoms with E-state index in [1.807, 2.05) is 6.08 Å². The Morgan fingerprint density at radius 2 is 2.50 bits per heavy atom. The van der Waals surface area contributed by atoms with Gasteiger partial charge in [0.1, 0.15) is 0 Å². The first kappa shape index (κ1) is 7.36. The number of carbonyl (C=O) groups is 1. The summed E-state index contributed by atoms with van der Waals surface area (Å²) in [4.78, 5) is 13.1. The molecule has 0 bridgehead atoms. The summed E-state index contributed by atoms with van der Waals surface area (Å²) in [6.45, 7) is 2.44. The Kier molecular flexibility index (Phi) is 1.62. The number of hydrogen-bond donors (Lipinski definition) is 2. The van der Waals surface area contributed by atoms with Gasteiger partial charge in [-0.05, 0) is 6.08 Å². The lowest BCUT2D eigenvalue weighted by Crippen LogP contribution is -2.27. The van der Waals surface area contributed by atoms with Gasteiger partial charge in [0.15, 0.2) is 0 Å². The van der Waals surface area contributed by atoms with Crippen LogP contribution in [0, 0.1) is 0 Å². The van der Waals surface area contributed by atoms with E-state index in [1.54, 1.807) is 6.08 Å². The van der Waals surface area contributed by atoms with Gasteiger partial charge in [0.25, 0.3) is 5.91 Å². The number of nitrogens with one attached hydrogen (secondary N) is 1. The molecule has 1 saturated heterocycles. The number of nitrogens with zero attached hydrogens (tertiary/aromatic N) is 1. The average molecular weight is 165 g/mol. The van der Waals surface area contributed by atoms with E-state index in [9.17, 15) is 4.79 Å². The number of nitrogens with two attached hydrogens (primary N) is 1. The van der Waals surface area contributed by atoms with Gasteiger partial charge >= 0.3 is 0 Å². The Balaban J connectivity index is 2.38. The standard InChI is InChI=1S/C8H11N3O/c9-8(12)6-2-1-3-11-5-10-4-7(6)11/h1-2,10H,3-5H2,(H2,9,12). The van der Waals surface area contributed by atoms with Crippen LogP contribution in [0.2, 0.25) is 0 Å². The normalized spacial score (nSPS) is 21.5. The van der Waals surface area contributed by atoms with Gasteiger partial charge in [-0.1, -0.05) is 6.08 Å². The Morgan fingerprint density at radius 1 is 1.67 bits per heavy atom. The molecule has 0 aliphatic carbocycles. The van der Waals surface area contributed by atoms with Crippen LogP contribution in [0.25, 0.3) is 0 Å². The molecule has 3 N–H and O–H groups in total. The fourth-order valence-electron chi connectivity index (χ4n) is 1.58. The molecule has 0 radical (unpaired) electrons. The molecule has 12 heavy (non-hydrogen) atoms. The minimum Gasteiger partial charge on any atom is -0.366 e. The fourth-order valence-corrected chi connectivity index (χ4v) is 1.58. The molecule has 0 unspecified atom stereocenters. The molecule has 4 nitrogen and oxygen atoms in total. The third kappa shape index (κ3) is 1.00. The van der Waals surface area contributed by atoms with E-state index in [1.165, 1.54) is 0 Å². The third-order valence-corrected chi connectivity index (χ3v) is 2.16. The highest BCUT2D eigenvalue weighted by atomic mass is 16.1. The minimum atomic E-state index is -0.338. The Morgan fingerprint density at radius 3 is 3.25 bits per heavy atom. The molecule has 1 fully saturated rings. The molecule has 0 aromatic rings. The molecule has 4 heteroatoms. The zero-order chi connectivity index (χ0) is 8.55. The maximum Gasteiger partial charge on any atom is 0.250 e. The molecule has 2 rings (SSSR count). The van der Waals surface area contributed by atoms with Crippen molar-refractivity contribution in [2.45, 2.75) is 0 Å². The van der Waals surface area contributed by atoms with Crippen LogP contribution in [0.1, 0.15) is 0 Å². The third-order valence-electron chi connectivity index (χ3n) is 2.16. The van der Waals surface area contributed by atoms with E-state index in [-0.39, 0.29) is 5.91 Å².